The summed E-state index contributed by atoms with van der Waals surface area (Å²) in [6, 6.07) is 9.36. The summed E-state index contributed by atoms with van der Waals surface area (Å²) in [5.74, 6) is -0.236. The van der Waals surface area contributed by atoms with Gasteiger partial charge in [0.1, 0.15) is 0 Å². The van der Waals surface area contributed by atoms with Crippen LogP contribution in [0.15, 0.2) is 42.7 Å². The molecule has 1 amide bonds. The third-order valence-corrected chi connectivity index (χ3v) is 3.60. The van der Waals surface area contributed by atoms with Crippen LogP contribution in [0.1, 0.15) is 10.4 Å². The smallest absolute Gasteiger partial charge is 0.257 e. The summed E-state index contributed by atoms with van der Waals surface area (Å²) < 4.78 is 5.37. The number of carbonyl (C=O) groups excluding carboxylic acids is 1. The molecular formula is C16H18N4O2. The van der Waals surface area contributed by atoms with Crippen LogP contribution in [-0.4, -0.2) is 37.2 Å². The van der Waals surface area contributed by atoms with Gasteiger partial charge < -0.3 is 20.7 Å². The highest BCUT2D eigenvalue weighted by atomic mass is 16.5. The molecule has 1 fully saturated rings. The number of benzene rings is 1. The highest BCUT2D eigenvalue weighted by Crippen LogP contribution is 2.27. The molecule has 0 aliphatic carbocycles. The summed E-state index contributed by atoms with van der Waals surface area (Å²) in [6.07, 6.45) is 3.03. The third kappa shape index (κ3) is 3.01. The zero-order valence-electron chi connectivity index (χ0n) is 12.2. The van der Waals surface area contributed by atoms with Crippen LogP contribution in [0.5, 0.6) is 0 Å². The molecule has 0 radical (unpaired) electrons. The zero-order valence-corrected chi connectivity index (χ0v) is 12.2. The molecule has 1 aliphatic rings. The maximum absolute atomic E-state index is 12.4. The molecular weight excluding hydrogens is 280 g/mol. The fraction of sp³-hybridized carbons (Fsp3) is 0.250. The number of para-hydroxylation sites is 2. The van der Waals surface area contributed by atoms with E-state index in [1.807, 2.05) is 24.3 Å². The van der Waals surface area contributed by atoms with Gasteiger partial charge >= 0.3 is 0 Å². The van der Waals surface area contributed by atoms with Crippen molar-refractivity contribution in [2.24, 2.45) is 0 Å². The second-order valence-corrected chi connectivity index (χ2v) is 5.03. The SMILES string of the molecule is Nc1cnccc1C(=O)Nc1ccccc1N1CCOCC1. The van der Waals surface area contributed by atoms with E-state index in [0.717, 1.165) is 24.5 Å². The quantitative estimate of drug-likeness (QED) is 0.902. The van der Waals surface area contributed by atoms with Crippen LogP contribution in [0.25, 0.3) is 0 Å². The third-order valence-electron chi connectivity index (χ3n) is 3.60. The van der Waals surface area contributed by atoms with Crippen LogP contribution in [-0.2, 0) is 4.74 Å². The lowest BCUT2D eigenvalue weighted by molar-refractivity contribution is 0.102. The van der Waals surface area contributed by atoms with Crippen molar-refractivity contribution in [3.8, 4) is 0 Å². The van der Waals surface area contributed by atoms with Crippen molar-refractivity contribution in [1.82, 2.24) is 4.98 Å². The predicted molar refractivity (Wildman–Crippen MR) is 86.1 cm³/mol. The maximum atomic E-state index is 12.4. The van der Waals surface area contributed by atoms with Crippen LogP contribution < -0.4 is 16.0 Å². The number of ether oxygens (including phenoxy) is 1. The van der Waals surface area contributed by atoms with E-state index in [2.05, 4.69) is 15.2 Å². The van der Waals surface area contributed by atoms with Gasteiger partial charge in [-0.05, 0) is 18.2 Å². The van der Waals surface area contributed by atoms with Gasteiger partial charge in [-0.15, -0.1) is 0 Å². The summed E-state index contributed by atoms with van der Waals surface area (Å²) in [4.78, 5) is 18.5. The number of carbonyl (C=O) groups is 1. The number of amides is 1. The number of nitrogens with zero attached hydrogens (tertiary/aromatic N) is 2. The number of hydrogen-bond donors (Lipinski definition) is 2. The van der Waals surface area contributed by atoms with Crippen LogP contribution in [0, 0.1) is 0 Å². The first kappa shape index (κ1) is 14.3. The van der Waals surface area contributed by atoms with E-state index in [9.17, 15) is 4.79 Å². The van der Waals surface area contributed by atoms with Crippen LogP contribution in [0.2, 0.25) is 0 Å². The number of nitrogen functional groups attached to an aromatic ring is 1. The minimum Gasteiger partial charge on any atom is -0.397 e. The molecule has 0 spiro atoms. The number of rotatable bonds is 3. The van der Waals surface area contributed by atoms with E-state index in [0.29, 0.717) is 24.5 Å². The van der Waals surface area contributed by atoms with Crippen molar-refractivity contribution in [1.29, 1.82) is 0 Å². The van der Waals surface area contributed by atoms with Gasteiger partial charge in [0.15, 0.2) is 0 Å². The second kappa shape index (κ2) is 6.44. The molecule has 22 heavy (non-hydrogen) atoms. The fourth-order valence-electron chi connectivity index (χ4n) is 2.46. The molecule has 6 nitrogen and oxygen atoms in total. The Bertz CT molecular complexity index is 669. The number of morpholine rings is 1. The molecule has 1 aromatic carbocycles. The van der Waals surface area contributed by atoms with E-state index < -0.39 is 0 Å². The molecule has 6 heteroatoms. The first-order valence-corrected chi connectivity index (χ1v) is 7.18. The minimum absolute atomic E-state index is 0.236. The normalized spacial score (nSPS) is 14.6. The number of hydrogen-bond acceptors (Lipinski definition) is 5. The largest absolute Gasteiger partial charge is 0.397 e. The van der Waals surface area contributed by atoms with E-state index in [-0.39, 0.29) is 5.91 Å². The Labute approximate surface area is 128 Å². The predicted octanol–water partition coefficient (Wildman–Crippen LogP) is 1.75. The molecule has 1 aromatic heterocycles. The van der Waals surface area contributed by atoms with Gasteiger partial charge in [-0.1, -0.05) is 12.1 Å². The Morgan fingerprint density at radius 2 is 2.00 bits per heavy atom. The average Bonchev–Trinajstić information content (AvgIpc) is 2.56. The van der Waals surface area contributed by atoms with Crippen molar-refractivity contribution in [3.05, 3.63) is 48.3 Å². The highest BCUT2D eigenvalue weighted by Gasteiger charge is 2.17. The van der Waals surface area contributed by atoms with Crippen molar-refractivity contribution in [2.45, 2.75) is 0 Å². The van der Waals surface area contributed by atoms with Crippen LogP contribution in [0.4, 0.5) is 17.1 Å². The first-order chi connectivity index (χ1) is 10.8. The van der Waals surface area contributed by atoms with E-state index in [1.165, 1.54) is 6.20 Å². The average molecular weight is 298 g/mol. The lowest BCUT2D eigenvalue weighted by Crippen LogP contribution is -2.36. The molecule has 0 unspecified atom stereocenters. The standard InChI is InChI=1S/C16H18N4O2/c17-13-11-18-6-5-12(13)16(21)19-14-3-1-2-4-15(14)20-7-9-22-10-8-20/h1-6,11H,7-10,17H2,(H,19,21). The molecule has 114 valence electrons. The molecule has 2 aromatic rings. The fourth-order valence-corrected chi connectivity index (χ4v) is 2.46. The van der Waals surface area contributed by atoms with Crippen LogP contribution in [0.3, 0.4) is 0 Å². The molecule has 0 atom stereocenters. The Morgan fingerprint density at radius 3 is 2.77 bits per heavy atom. The molecule has 0 saturated carbocycles. The zero-order chi connectivity index (χ0) is 15.4. The van der Waals surface area contributed by atoms with E-state index in [4.69, 9.17) is 10.5 Å². The monoisotopic (exact) mass is 298 g/mol. The number of anilines is 3. The summed E-state index contributed by atoms with van der Waals surface area (Å²) in [7, 11) is 0. The summed E-state index contributed by atoms with van der Waals surface area (Å²) in [5, 5.41) is 2.94. The van der Waals surface area contributed by atoms with Crippen molar-refractivity contribution >= 4 is 23.0 Å². The number of nitrogens with two attached hydrogens (primary N) is 1. The van der Waals surface area contributed by atoms with Crippen LogP contribution >= 0.6 is 0 Å². The van der Waals surface area contributed by atoms with Crippen molar-refractivity contribution in [2.75, 3.05) is 42.3 Å². The lowest BCUT2D eigenvalue weighted by Gasteiger charge is -2.30. The molecule has 3 rings (SSSR count). The lowest BCUT2D eigenvalue weighted by atomic mass is 10.2. The summed E-state index contributed by atoms with van der Waals surface area (Å²) >= 11 is 0. The molecule has 3 N–H and O–H groups in total. The van der Waals surface area contributed by atoms with Crippen molar-refractivity contribution < 1.29 is 9.53 Å². The van der Waals surface area contributed by atoms with E-state index >= 15 is 0 Å². The number of nitrogens with one attached hydrogen (secondary N) is 1. The summed E-state index contributed by atoms with van der Waals surface area (Å²) in [5.41, 5.74) is 8.35. The van der Waals surface area contributed by atoms with Gasteiger partial charge in [0.2, 0.25) is 0 Å². The molecule has 1 saturated heterocycles. The first-order valence-electron chi connectivity index (χ1n) is 7.18. The van der Waals surface area contributed by atoms with Gasteiger partial charge in [0.25, 0.3) is 5.91 Å². The second-order valence-electron chi connectivity index (χ2n) is 5.03. The Hall–Kier alpha value is -2.60. The van der Waals surface area contributed by atoms with Gasteiger partial charge in [0, 0.05) is 19.3 Å². The Balaban J connectivity index is 1.83. The Kier molecular flexibility index (Phi) is 4.20. The minimum atomic E-state index is -0.236. The molecule has 2 heterocycles. The Morgan fingerprint density at radius 1 is 1.23 bits per heavy atom. The van der Waals surface area contributed by atoms with Gasteiger partial charge in [-0.2, -0.15) is 0 Å². The van der Waals surface area contributed by atoms with Gasteiger partial charge in [-0.25, -0.2) is 0 Å². The van der Waals surface area contributed by atoms with Gasteiger partial charge in [-0.3, -0.25) is 9.78 Å². The topological polar surface area (TPSA) is 80.5 Å². The van der Waals surface area contributed by atoms with Crippen molar-refractivity contribution in [3.63, 3.8) is 0 Å². The number of pyridine rings is 1. The molecule has 1 aliphatic heterocycles. The van der Waals surface area contributed by atoms with E-state index in [1.54, 1.807) is 12.3 Å². The molecule has 0 bridgehead atoms. The highest BCUT2D eigenvalue weighted by molar-refractivity contribution is 6.08. The van der Waals surface area contributed by atoms with Gasteiger partial charge in [0.05, 0.1) is 42.0 Å². The maximum Gasteiger partial charge on any atom is 0.257 e. The number of aromatic nitrogens is 1. The summed E-state index contributed by atoms with van der Waals surface area (Å²) in [6.45, 7) is 3.01.